The van der Waals surface area contributed by atoms with Gasteiger partial charge in [0, 0.05) is 13.1 Å². The van der Waals surface area contributed by atoms with Crippen LogP contribution in [0.15, 0.2) is 0 Å². The molecule has 0 saturated heterocycles. The fraction of sp³-hybridized carbons (Fsp3) is 0.909. The summed E-state index contributed by atoms with van der Waals surface area (Å²) in [6, 6.07) is 0. The second-order valence-corrected chi connectivity index (χ2v) is 4.84. The van der Waals surface area contributed by atoms with Gasteiger partial charge in [0.1, 0.15) is 5.60 Å². The van der Waals surface area contributed by atoms with Crippen molar-refractivity contribution >= 4 is 6.09 Å². The maximum Gasteiger partial charge on any atom is 0.407 e. The Hall–Kier alpha value is -0.810. The van der Waals surface area contributed by atoms with Gasteiger partial charge in [-0.3, -0.25) is 0 Å². The van der Waals surface area contributed by atoms with E-state index in [0.29, 0.717) is 13.1 Å². The molecule has 0 aliphatic heterocycles. The molecule has 0 fully saturated rings. The Morgan fingerprint density at radius 2 is 2.00 bits per heavy atom. The van der Waals surface area contributed by atoms with E-state index in [1.165, 1.54) is 0 Å². The van der Waals surface area contributed by atoms with Gasteiger partial charge in [-0.15, -0.1) is 0 Å². The second-order valence-electron chi connectivity index (χ2n) is 4.84. The number of hydrogen-bond donors (Lipinski definition) is 3. The number of rotatable bonds is 6. The Labute approximate surface area is 97.6 Å². The lowest BCUT2D eigenvalue weighted by Crippen LogP contribution is -2.34. The molecule has 5 nitrogen and oxygen atoms in total. The van der Waals surface area contributed by atoms with Gasteiger partial charge in [0.15, 0.2) is 0 Å². The normalized spacial score (nSPS) is 13.3. The van der Waals surface area contributed by atoms with Crippen molar-refractivity contribution in [2.75, 3.05) is 19.6 Å². The first-order valence-corrected chi connectivity index (χ1v) is 5.67. The van der Waals surface area contributed by atoms with Crippen molar-refractivity contribution in [2.45, 2.75) is 45.8 Å². The van der Waals surface area contributed by atoms with Crippen LogP contribution in [-0.2, 0) is 4.74 Å². The third kappa shape index (κ3) is 11.3. The van der Waals surface area contributed by atoms with Crippen molar-refractivity contribution in [3.05, 3.63) is 0 Å². The van der Waals surface area contributed by atoms with E-state index < -0.39 is 5.60 Å². The molecule has 1 atom stereocenters. The number of carbonyl (C=O) groups is 1. The van der Waals surface area contributed by atoms with Crippen LogP contribution >= 0.6 is 0 Å². The summed E-state index contributed by atoms with van der Waals surface area (Å²) in [5, 5.41) is 14.7. The van der Waals surface area contributed by atoms with Crippen molar-refractivity contribution in [1.82, 2.24) is 10.6 Å². The summed E-state index contributed by atoms with van der Waals surface area (Å²) >= 11 is 0. The molecule has 0 aromatic rings. The molecule has 16 heavy (non-hydrogen) atoms. The molecule has 0 aromatic heterocycles. The molecule has 0 heterocycles. The van der Waals surface area contributed by atoms with Crippen LogP contribution in [0.2, 0.25) is 0 Å². The van der Waals surface area contributed by atoms with Crippen molar-refractivity contribution in [3.8, 4) is 0 Å². The molecule has 0 aliphatic rings. The zero-order valence-corrected chi connectivity index (χ0v) is 10.7. The number of hydrogen-bond acceptors (Lipinski definition) is 4. The van der Waals surface area contributed by atoms with Gasteiger partial charge in [0.25, 0.3) is 0 Å². The lowest BCUT2D eigenvalue weighted by Gasteiger charge is -2.19. The van der Waals surface area contributed by atoms with Gasteiger partial charge in [-0.25, -0.2) is 4.79 Å². The van der Waals surface area contributed by atoms with E-state index in [-0.39, 0.29) is 12.2 Å². The third-order valence-corrected chi connectivity index (χ3v) is 1.64. The van der Waals surface area contributed by atoms with Crippen LogP contribution in [-0.4, -0.2) is 42.5 Å². The molecule has 0 spiro atoms. The van der Waals surface area contributed by atoms with Gasteiger partial charge in [-0.05, 0) is 40.7 Å². The van der Waals surface area contributed by atoms with Crippen LogP contribution in [0.1, 0.15) is 34.1 Å². The van der Waals surface area contributed by atoms with E-state index >= 15 is 0 Å². The zero-order chi connectivity index (χ0) is 12.6. The van der Waals surface area contributed by atoms with E-state index in [9.17, 15) is 4.79 Å². The van der Waals surface area contributed by atoms with E-state index in [2.05, 4.69) is 10.6 Å². The Morgan fingerprint density at radius 3 is 2.50 bits per heavy atom. The minimum Gasteiger partial charge on any atom is -0.444 e. The van der Waals surface area contributed by atoms with Crippen LogP contribution in [0.5, 0.6) is 0 Å². The Balaban J connectivity index is 3.35. The van der Waals surface area contributed by atoms with E-state index in [1.807, 2.05) is 20.8 Å². The number of aliphatic hydroxyl groups is 1. The fourth-order valence-corrected chi connectivity index (χ4v) is 1.03. The monoisotopic (exact) mass is 232 g/mol. The van der Waals surface area contributed by atoms with Gasteiger partial charge >= 0.3 is 6.09 Å². The highest BCUT2D eigenvalue weighted by molar-refractivity contribution is 5.67. The summed E-state index contributed by atoms with van der Waals surface area (Å²) in [5.74, 6) is 0. The van der Waals surface area contributed by atoms with Gasteiger partial charge in [0.05, 0.1) is 6.10 Å². The largest absolute Gasteiger partial charge is 0.444 e. The van der Waals surface area contributed by atoms with E-state index in [1.54, 1.807) is 6.92 Å². The lowest BCUT2D eigenvalue weighted by atomic mass is 10.2. The van der Waals surface area contributed by atoms with Crippen molar-refractivity contribution in [1.29, 1.82) is 0 Å². The summed E-state index contributed by atoms with van der Waals surface area (Å²) in [5.41, 5.74) is -0.450. The molecule has 0 aliphatic carbocycles. The van der Waals surface area contributed by atoms with Gasteiger partial charge < -0.3 is 20.5 Å². The maximum atomic E-state index is 11.2. The lowest BCUT2D eigenvalue weighted by molar-refractivity contribution is 0.0527. The quantitative estimate of drug-likeness (QED) is 0.594. The van der Waals surface area contributed by atoms with Crippen molar-refractivity contribution in [2.24, 2.45) is 0 Å². The smallest absolute Gasteiger partial charge is 0.407 e. The van der Waals surface area contributed by atoms with Crippen LogP contribution in [0, 0.1) is 0 Å². The minimum absolute atomic E-state index is 0.334. The average Bonchev–Trinajstić information content (AvgIpc) is 2.07. The summed E-state index contributed by atoms with van der Waals surface area (Å²) in [6.45, 7) is 9.13. The first-order valence-electron chi connectivity index (χ1n) is 5.67. The van der Waals surface area contributed by atoms with Crippen LogP contribution in [0.3, 0.4) is 0 Å². The first-order chi connectivity index (χ1) is 7.31. The topological polar surface area (TPSA) is 70.6 Å². The summed E-state index contributed by atoms with van der Waals surface area (Å²) in [6.07, 6.45) is 0.0910. The first kappa shape index (κ1) is 15.2. The SMILES string of the molecule is C[C@@H](O)CNCCCNC(=O)OC(C)(C)C. The second kappa shape index (κ2) is 7.46. The minimum atomic E-state index is -0.450. The van der Waals surface area contributed by atoms with Gasteiger partial charge in [-0.1, -0.05) is 0 Å². The molecule has 96 valence electrons. The summed E-state index contributed by atoms with van der Waals surface area (Å²) < 4.78 is 5.07. The molecular formula is C11H24N2O3. The van der Waals surface area contributed by atoms with Crippen molar-refractivity contribution in [3.63, 3.8) is 0 Å². The highest BCUT2D eigenvalue weighted by Gasteiger charge is 2.15. The number of alkyl carbamates (subject to hydrolysis) is 1. The number of amides is 1. The number of ether oxygens (including phenoxy) is 1. The summed E-state index contributed by atoms with van der Waals surface area (Å²) in [7, 11) is 0. The third-order valence-electron chi connectivity index (χ3n) is 1.64. The molecule has 0 saturated carbocycles. The molecule has 0 aromatic carbocycles. The molecule has 1 amide bonds. The van der Waals surface area contributed by atoms with Crippen LogP contribution in [0.4, 0.5) is 4.79 Å². The van der Waals surface area contributed by atoms with E-state index in [0.717, 1.165) is 13.0 Å². The predicted octanol–water partition coefficient (Wildman–Crippen LogP) is 0.872. The fourth-order valence-electron chi connectivity index (χ4n) is 1.03. The molecular weight excluding hydrogens is 208 g/mol. The summed E-state index contributed by atoms with van der Waals surface area (Å²) in [4.78, 5) is 11.2. The Morgan fingerprint density at radius 1 is 1.38 bits per heavy atom. The highest BCUT2D eigenvalue weighted by Crippen LogP contribution is 2.06. The van der Waals surface area contributed by atoms with Gasteiger partial charge in [0.2, 0.25) is 0 Å². The Bertz CT molecular complexity index is 200. The predicted molar refractivity (Wildman–Crippen MR) is 63.4 cm³/mol. The Kier molecular flexibility index (Phi) is 7.08. The highest BCUT2D eigenvalue weighted by atomic mass is 16.6. The number of nitrogens with one attached hydrogen (secondary N) is 2. The molecule has 0 bridgehead atoms. The van der Waals surface area contributed by atoms with Crippen LogP contribution in [0.25, 0.3) is 0 Å². The van der Waals surface area contributed by atoms with E-state index in [4.69, 9.17) is 9.84 Å². The standard InChI is InChI=1S/C11H24N2O3/c1-9(14)8-12-6-5-7-13-10(15)16-11(2,3)4/h9,12,14H,5-8H2,1-4H3,(H,13,15)/t9-/m1/s1. The molecule has 5 heteroatoms. The van der Waals surface area contributed by atoms with Crippen molar-refractivity contribution < 1.29 is 14.6 Å². The molecule has 0 radical (unpaired) electrons. The van der Waals surface area contributed by atoms with Crippen LogP contribution < -0.4 is 10.6 Å². The van der Waals surface area contributed by atoms with Gasteiger partial charge in [-0.2, -0.15) is 0 Å². The zero-order valence-electron chi connectivity index (χ0n) is 10.7. The number of aliphatic hydroxyl groups excluding tert-OH is 1. The number of carbonyl (C=O) groups excluding carboxylic acids is 1. The average molecular weight is 232 g/mol. The molecule has 3 N–H and O–H groups in total. The molecule has 0 unspecified atom stereocenters. The maximum absolute atomic E-state index is 11.2. The molecule has 0 rings (SSSR count).